The molecular weight excluding hydrogens is 212 g/mol. The highest BCUT2D eigenvalue weighted by Gasteiger charge is 2.18. The number of likely N-dealkylation sites (tertiary alicyclic amines) is 1. The van der Waals surface area contributed by atoms with Gasteiger partial charge in [-0.15, -0.1) is 0 Å². The van der Waals surface area contributed by atoms with Crippen molar-refractivity contribution in [3.05, 3.63) is 0 Å². The molecule has 0 bridgehead atoms. The second-order valence-corrected chi connectivity index (χ2v) is 6.34. The van der Waals surface area contributed by atoms with Crippen molar-refractivity contribution in [1.29, 1.82) is 0 Å². The fraction of sp³-hybridized carbons (Fsp3) is 0.929. The van der Waals surface area contributed by atoms with Crippen LogP contribution in [0.1, 0.15) is 53.4 Å². The van der Waals surface area contributed by atoms with E-state index in [1.165, 1.54) is 19.3 Å². The molecule has 3 heteroatoms. The van der Waals surface area contributed by atoms with Crippen LogP contribution in [0.3, 0.4) is 0 Å². The predicted molar refractivity (Wildman–Crippen MR) is 72.0 cm³/mol. The quantitative estimate of drug-likeness (QED) is 0.821. The fourth-order valence-electron chi connectivity index (χ4n) is 2.21. The van der Waals surface area contributed by atoms with Gasteiger partial charge in [0, 0.05) is 31.6 Å². The van der Waals surface area contributed by atoms with Gasteiger partial charge >= 0.3 is 0 Å². The number of hydrogen-bond donors (Lipinski definition) is 1. The molecular formula is C14H28N2O. The van der Waals surface area contributed by atoms with Crippen molar-refractivity contribution in [3.63, 3.8) is 0 Å². The third-order valence-electron chi connectivity index (χ3n) is 3.36. The summed E-state index contributed by atoms with van der Waals surface area (Å²) in [5, 5.41) is 3.37. The summed E-state index contributed by atoms with van der Waals surface area (Å²) in [6, 6.07) is 0. The molecule has 0 aliphatic carbocycles. The molecule has 0 saturated carbocycles. The van der Waals surface area contributed by atoms with Crippen molar-refractivity contribution < 1.29 is 4.79 Å². The highest BCUT2D eigenvalue weighted by atomic mass is 16.2. The van der Waals surface area contributed by atoms with Gasteiger partial charge in [-0.1, -0.05) is 6.92 Å². The van der Waals surface area contributed by atoms with Gasteiger partial charge in [-0.2, -0.15) is 0 Å². The van der Waals surface area contributed by atoms with Gasteiger partial charge in [-0.25, -0.2) is 0 Å². The normalized spacial score (nSPS) is 22.4. The highest BCUT2D eigenvalue weighted by molar-refractivity contribution is 5.76. The first-order valence-electron chi connectivity index (χ1n) is 6.91. The molecule has 17 heavy (non-hydrogen) atoms. The third-order valence-corrected chi connectivity index (χ3v) is 3.36. The first-order valence-corrected chi connectivity index (χ1v) is 6.91. The lowest BCUT2D eigenvalue weighted by atomic mass is 10.0. The molecule has 1 fully saturated rings. The summed E-state index contributed by atoms with van der Waals surface area (Å²) in [7, 11) is 0. The average molecular weight is 240 g/mol. The van der Waals surface area contributed by atoms with E-state index < -0.39 is 0 Å². The molecule has 0 aromatic carbocycles. The van der Waals surface area contributed by atoms with Crippen molar-refractivity contribution >= 4 is 5.91 Å². The molecule has 1 rings (SSSR count). The van der Waals surface area contributed by atoms with E-state index >= 15 is 0 Å². The maximum absolute atomic E-state index is 12.0. The van der Waals surface area contributed by atoms with E-state index in [1.807, 2.05) is 4.90 Å². The Morgan fingerprint density at radius 3 is 2.65 bits per heavy atom. The first-order chi connectivity index (χ1) is 7.88. The van der Waals surface area contributed by atoms with Gasteiger partial charge in [-0.05, 0) is 46.0 Å². The summed E-state index contributed by atoms with van der Waals surface area (Å²) >= 11 is 0. The lowest BCUT2D eigenvalue weighted by Gasteiger charge is -2.23. The maximum Gasteiger partial charge on any atom is 0.223 e. The van der Waals surface area contributed by atoms with Gasteiger partial charge in [-0.3, -0.25) is 4.79 Å². The monoisotopic (exact) mass is 240 g/mol. The largest absolute Gasteiger partial charge is 0.343 e. The number of rotatable bonds is 3. The van der Waals surface area contributed by atoms with Crippen LogP contribution in [0.15, 0.2) is 0 Å². The molecule has 1 atom stereocenters. The van der Waals surface area contributed by atoms with Crippen molar-refractivity contribution in [3.8, 4) is 0 Å². The zero-order valence-electron chi connectivity index (χ0n) is 11.9. The van der Waals surface area contributed by atoms with Crippen molar-refractivity contribution in [1.82, 2.24) is 10.2 Å². The lowest BCUT2D eigenvalue weighted by molar-refractivity contribution is -0.131. The first kappa shape index (κ1) is 14.5. The molecule has 0 radical (unpaired) electrons. The van der Waals surface area contributed by atoms with Gasteiger partial charge in [0.25, 0.3) is 0 Å². The number of nitrogens with one attached hydrogen (secondary N) is 1. The van der Waals surface area contributed by atoms with E-state index in [4.69, 9.17) is 0 Å². The molecule has 1 aliphatic rings. The lowest BCUT2D eigenvalue weighted by Crippen LogP contribution is -2.39. The smallest absolute Gasteiger partial charge is 0.223 e. The zero-order chi connectivity index (χ0) is 12.9. The van der Waals surface area contributed by atoms with Crippen LogP contribution in [0.5, 0.6) is 0 Å². The number of hydrogen-bond acceptors (Lipinski definition) is 2. The summed E-state index contributed by atoms with van der Waals surface area (Å²) in [5.41, 5.74) is 0.105. The van der Waals surface area contributed by atoms with Crippen LogP contribution < -0.4 is 5.32 Å². The van der Waals surface area contributed by atoms with Crippen LogP contribution in [0, 0.1) is 5.92 Å². The van der Waals surface area contributed by atoms with E-state index in [9.17, 15) is 4.79 Å². The Morgan fingerprint density at radius 1 is 1.29 bits per heavy atom. The molecule has 1 amide bonds. The van der Waals surface area contributed by atoms with E-state index in [-0.39, 0.29) is 5.54 Å². The Labute approximate surface area is 106 Å². The van der Waals surface area contributed by atoms with E-state index in [0.29, 0.717) is 12.3 Å². The second kappa shape index (κ2) is 6.39. The summed E-state index contributed by atoms with van der Waals surface area (Å²) < 4.78 is 0. The fourth-order valence-corrected chi connectivity index (χ4v) is 2.21. The Bertz CT molecular complexity index is 245. The summed E-state index contributed by atoms with van der Waals surface area (Å²) in [6.45, 7) is 11.4. The molecule has 1 unspecified atom stereocenters. The van der Waals surface area contributed by atoms with Crippen LogP contribution in [-0.2, 0) is 4.79 Å². The minimum Gasteiger partial charge on any atom is -0.343 e. The topological polar surface area (TPSA) is 32.3 Å². The predicted octanol–water partition coefficient (Wildman–Crippen LogP) is 2.41. The third kappa shape index (κ3) is 6.06. The molecule has 1 aliphatic heterocycles. The van der Waals surface area contributed by atoms with E-state index in [1.54, 1.807) is 0 Å². The average Bonchev–Trinajstić information content (AvgIpc) is 2.41. The molecule has 0 aromatic rings. The number of carbonyl (C=O) groups is 1. The molecule has 3 nitrogen and oxygen atoms in total. The SMILES string of the molecule is CC1CCCN(C(=O)CCNC(C)(C)C)CC1. The Hall–Kier alpha value is -0.570. The van der Waals surface area contributed by atoms with Gasteiger partial charge in [0.2, 0.25) is 5.91 Å². The Morgan fingerprint density at radius 2 is 2.00 bits per heavy atom. The molecule has 1 N–H and O–H groups in total. The summed E-state index contributed by atoms with van der Waals surface area (Å²) in [6.07, 6.45) is 4.23. The van der Waals surface area contributed by atoms with Gasteiger partial charge in [0.1, 0.15) is 0 Å². The molecule has 1 saturated heterocycles. The second-order valence-electron chi connectivity index (χ2n) is 6.34. The molecule has 0 spiro atoms. The Balaban J connectivity index is 2.27. The van der Waals surface area contributed by atoms with Crippen LogP contribution in [0.2, 0.25) is 0 Å². The summed E-state index contributed by atoms with van der Waals surface area (Å²) in [5.74, 6) is 1.09. The number of amides is 1. The molecule has 1 heterocycles. The van der Waals surface area contributed by atoms with Crippen LogP contribution in [0.4, 0.5) is 0 Å². The standard InChI is InChI=1S/C14H28N2O/c1-12-6-5-10-16(11-8-12)13(17)7-9-15-14(2,3)4/h12,15H,5-11H2,1-4H3. The maximum atomic E-state index is 12.0. The minimum absolute atomic E-state index is 0.105. The zero-order valence-corrected chi connectivity index (χ0v) is 11.9. The molecule has 0 aromatic heterocycles. The van der Waals surface area contributed by atoms with Gasteiger partial charge < -0.3 is 10.2 Å². The van der Waals surface area contributed by atoms with Crippen molar-refractivity contribution in [2.75, 3.05) is 19.6 Å². The minimum atomic E-state index is 0.105. The Kier molecular flexibility index (Phi) is 5.44. The van der Waals surface area contributed by atoms with Gasteiger partial charge in [0.15, 0.2) is 0 Å². The van der Waals surface area contributed by atoms with E-state index in [2.05, 4.69) is 33.0 Å². The number of nitrogens with zero attached hydrogens (tertiary/aromatic N) is 1. The van der Waals surface area contributed by atoms with Crippen LogP contribution >= 0.6 is 0 Å². The van der Waals surface area contributed by atoms with Crippen molar-refractivity contribution in [2.24, 2.45) is 5.92 Å². The molecule has 100 valence electrons. The van der Waals surface area contributed by atoms with Crippen molar-refractivity contribution in [2.45, 2.75) is 58.9 Å². The van der Waals surface area contributed by atoms with Crippen LogP contribution in [-0.4, -0.2) is 36.0 Å². The summed E-state index contributed by atoms with van der Waals surface area (Å²) in [4.78, 5) is 14.1. The van der Waals surface area contributed by atoms with Gasteiger partial charge in [0.05, 0.1) is 0 Å². The van der Waals surface area contributed by atoms with Crippen LogP contribution in [0.25, 0.3) is 0 Å². The van der Waals surface area contributed by atoms with E-state index in [0.717, 1.165) is 25.6 Å². The highest BCUT2D eigenvalue weighted by Crippen LogP contribution is 2.16. The number of carbonyl (C=O) groups excluding carboxylic acids is 1.